The fraction of sp³-hybridized carbons (Fsp3) is 0.438. The van der Waals surface area contributed by atoms with Crippen LogP contribution in [-0.4, -0.2) is 47.3 Å². The highest BCUT2D eigenvalue weighted by Gasteiger charge is 2.32. The number of carbonyl (C=O) groups excluding carboxylic acids is 2. The molecule has 1 heterocycles. The first-order chi connectivity index (χ1) is 11.5. The van der Waals surface area contributed by atoms with E-state index in [2.05, 4.69) is 10.3 Å². The van der Waals surface area contributed by atoms with E-state index in [1.807, 2.05) is 18.7 Å². The van der Waals surface area contributed by atoms with E-state index in [0.717, 1.165) is 13.1 Å². The van der Waals surface area contributed by atoms with Gasteiger partial charge in [0.05, 0.1) is 12.1 Å². The molecule has 0 unspecified atom stereocenters. The molecule has 1 aromatic carbocycles. The molecule has 0 saturated carbocycles. The summed E-state index contributed by atoms with van der Waals surface area (Å²) in [5.74, 6) is 0.0244. The van der Waals surface area contributed by atoms with Crippen molar-refractivity contribution in [2.75, 3.05) is 25.5 Å². The monoisotopic (exact) mass is 369 g/mol. The molecule has 0 radical (unpaired) electrons. The highest BCUT2D eigenvalue weighted by atomic mass is 35.5. The molecule has 24 heavy (non-hydrogen) atoms. The van der Waals surface area contributed by atoms with Crippen LogP contribution in [0.15, 0.2) is 23.2 Å². The summed E-state index contributed by atoms with van der Waals surface area (Å²) in [6, 6.07) is 4.98. The molecular weight excluding hydrogens is 350 g/mol. The van der Waals surface area contributed by atoms with Gasteiger partial charge in [-0.05, 0) is 32.0 Å². The van der Waals surface area contributed by atoms with Crippen molar-refractivity contribution >= 4 is 46.0 Å². The molecule has 6 nitrogen and oxygen atoms in total. The molecule has 1 atom stereocenters. The topological polar surface area (TPSA) is 71.0 Å². The fourth-order valence-electron chi connectivity index (χ4n) is 2.26. The summed E-state index contributed by atoms with van der Waals surface area (Å²) >= 11 is 7.38. The van der Waals surface area contributed by atoms with Crippen LogP contribution in [-0.2, 0) is 9.59 Å². The Morgan fingerprint density at radius 2 is 2.12 bits per heavy atom. The van der Waals surface area contributed by atoms with Gasteiger partial charge in [0.25, 0.3) is 5.91 Å². The molecule has 0 fully saturated rings. The Kier molecular flexibility index (Phi) is 6.51. The first-order valence-corrected chi connectivity index (χ1v) is 8.91. The first-order valence-electron chi connectivity index (χ1n) is 7.66. The van der Waals surface area contributed by atoms with E-state index in [4.69, 9.17) is 16.3 Å². The average Bonchev–Trinajstić information content (AvgIpc) is 2.89. The second-order valence-corrected chi connectivity index (χ2v) is 6.69. The second-order valence-electron chi connectivity index (χ2n) is 5.11. The normalized spacial score (nSPS) is 16.8. The first kappa shape index (κ1) is 18.6. The predicted molar refractivity (Wildman–Crippen MR) is 98.0 cm³/mol. The van der Waals surface area contributed by atoms with Crippen LogP contribution in [0.25, 0.3) is 0 Å². The minimum atomic E-state index is -0.477. The van der Waals surface area contributed by atoms with Crippen molar-refractivity contribution in [1.29, 1.82) is 0 Å². The Morgan fingerprint density at radius 1 is 1.42 bits per heavy atom. The van der Waals surface area contributed by atoms with Gasteiger partial charge in [-0.15, -0.1) is 0 Å². The quantitative estimate of drug-likeness (QED) is 0.834. The molecule has 1 aliphatic heterocycles. The third kappa shape index (κ3) is 4.42. The summed E-state index contributed by atoms with van der Waals surface area (Å²) in [5, 5.41) is 3.37. The highest BCUT2D eigenvalue weighted by Crippen LogP contribution is 2.29. The number of benzene rings is 1. The number of amidine groups is 1. The van der Waals surface area contributed by atoms with Crippen molar-refractivity contribution in [1.82, 2.24) is 4.90 Å². The second kappa shape index (κ2) is 8.39. The summed E-state index contributed by atoms with van der Waals surface area (Å²) in [7, 11) is 1.52. The van der Waals surface area contributed by atoms with Crippen LogP contribution in [0.5, 0.6) is 5.75 Å². The van der Waals surface area contributed by atoms with E-state index < -0.39 is 5.25 Å². The van der Waals surface area contributed by atoms with E-state index >= 15 is 0 Å². The van der Waals surface area contributed by atoms with E-state index in [9.17, 15) is 9.59 Å². The van der Waals surface area contributed by atoms with E-state index in [0.29, 0.717) is 21.6 Å². The number of hydrogen-bond donors (Lipinski definition) is 1. The number of ether oxygens (including phenoxy) is 1. The van der Waals surface area contributed by atoms with Gasteiger partial charge >= 0.3 is 0 Å². The standard InChI is InChI=1S/C16H20ClN3O3S/c1-4-20(5-2)16-19-15(22)13(24-16)9-14(21)18-10-6-7-12(23-3)11(17)8-10/h6-8,13H,4-5,9H2,1-3H3,(H,18,21)/t13-/m1/s1. The van der Waals surface area contributed by atoms with Gasteiger partial charge in [-0.1, -0.05) is 23.4 Å². The third-order valence-corrected chi connectivity index (χ3v) is 5.08. The van der Waals surface area contributed by atoms with Gasteiger partial charge in [0.15, 0.2) is 5.17 Å². The van der Waals surface area contributed by atoms with Gasteiger partial charge in [0.1, 0.15) is 11.0 Å². The van der Waals surface area contributed by atoms with Crippen LogP contribution in [0, 0.1) is 0 Å². The van der Waals surface area contributed by atoms with Crippen LogP contribution in [0.4, 0.5) is 5.69 Å². The zero-order chi connectivity index (χ0) is 17.7. The summed E-state index contributed by atoms with van der Waals surface area (Å²) in [6.07, 6.45) is 0.0709. The number of thioether (sulfide) groups is 1. The van der Waals surface area contributed by atoms with Crippen molar-refractivity contribution in [3.05, 3.63) is 23.2 Å². The molecule has 2 amide bonds. The predicted octanol–water partition coefficient (Wildman–Crippen LogP) is 3.02. The van der Waals surface area contributed by atoms with Crippen LogP contribution in [0.1, 0.15) is 20.3 Å². The molecule has 0 aliphatic carbocycles. The summed E-state index contributed by atoms with van der Waals surface area (Å²) < 4.78 is 5.07. The molecule has 130 valence electrons. The fourth-order valence-corrected chi connectivity index (χ4v) is 3.71. The number of anilines is 1. The number of aliphatic imine (C=N–C) groups is 1. The number of carbonyl (C=O) groups is 2. The zero-order valence-corrected chi connectivity index (χ0v) is 15.4. The Balaban J connectivity index is 1.94. The minimum absolute atomic E-state index is 0.0709. The number of methoxy groups -OCH3 is 1. The van der Waals surface area contributed by atoms with Crippen LogP contribution in [0.3, 0.4) is 0 Å². The number of hydrogen-bond acceptors (Lipinski definition) is 5. The maximum Gasteiger partial charge on any atom is 0.262 e. The maximum atomic E-state index is 12.2. The number of nitrogens with zero attached hydrogens (tertiary/aromatic N) is 2. The van der Waals surface area contributed by atoms with Crippen molar-refractivity contribution in [3.8, 4) is 5.75 Å². The molecule has 2 rings (SSSR count). The molecule has 0 saturated heterocycles. The molecule has 0 bridgehead atoms. The molecule has 1 N–H and O–H groups in total. The van der Waals surface area contributed by atoms with Crippen molar-refractivity contribution in [2.24, 2.45) is 4.99 Å². The Labute approximate surface area is 150 Å². The number of amides is 2. The lowest BCUT2D eigenvalue weighted by molar-refractivity contribution is -0.121. The lowest BCUT2D eigenvalue weighted by atomic mass is 10.2. The van der Waals surface area contributed by atoms with Gasteiger partial charge in [-0.2, -0.15) is 4.99 Å². The number of halogens is 1. The maximum absolute atomic E-state index is 12.2. The Bertz CT molecular complexity index is 662. The molecule has 1 aromatic rings. The Morgan fingerprint density at radius 3 is 2.71 bits per heavy atom. The van der Waals surface area contributed by atoms with E-state index in [-0.39, 0.29) is 18.2 Å². The van der Waals surface area contributed by atoms with Gasteiger partial charge < -0.3 is 15.0 Å². The summed E-state index contributed by atoms with van der Waals surface area (Å²) in [6.45, 7) is 5.56. The minimum Gasteiger partial charge on any atom is -0.495 e. The lowest BCUT2D eigenvalue weighted by Crippen LogP contribution is -2.27. The van der Waals surface area contributed by atoms with Crippen LogP contribution >= 0.6 is 23.4 Å². The average molecular weight is 370 g/mol. The van der Waals surface area contributed by atoms with Crippen LogP contribution < -0.4 is 10.1 Å². The van der Waals surface area contributed by atoms with Gasteiger partial charge in [0, 0.05) is 25.2 Å². The molecule has 0 aromatic heterocycles. The SMILES string of the molecule is CCN(CC)C1=NC(=O)[C@@H](CC(=O)Nc2ccc(OC)c(Cl)c2)S1. The van der Waals surface area contributed by atoms with Gasteiger partial charge in [-0.25, -0.2) is 0 Å². The van der Waals surface area contributed by atoms with Crippen LogP contribution in [0.2, 0.25) is 5.02 Å². The van der Waals surface area contributed by atoms with E-state index in [1.165, 1.54) is 18.9 Å². The molecular formula is C16H20ClN3O3S. The summed E-state index contributed by atoms with van der Waals surface area (Å²) in [4.78, 5) is 30.2. The lowest BCUT2D eigenvalue weighted by Gasteiger charge is -2.19. The van der Waals surface area contributed by atoms with Crippen molar-refractivity contribution in [2.45, 2.75) is 25.5 Å². The molecule has 1 aliphatic rings. The zero-order valence-electron chi connectivity index (χ0n) is 13.8. The number of nitrogens with one attached hydrogen (secondary N) is 1. The molecule has 0 spiro atoms. The molecule has 8 heteroatoms. The summed E-state index contributed by atoms with van der Waals surface area (Å²) in [5.41, 5.74) is 0.561. The largest absolute Gasteiger partial charge is 0.495 e. The van der Waals surface area contributed by atoms with Gasteiger partial charge in [-0.3, -0.25) is 9.59 Å². The smallest absolute Gasteiger partial charge is 0.262 e. The Hall–Kier alpha value is -1.73. The van der Waals surface area contributed by atoms with Gasteiger partial charge in [0.2, 0.25) is 5.91 Å². The van der Waals surface area contributed by atoms with Crippen molar-refractivity contribution < 1.29 is 14.3 Å². The van der Waals surface area contributed by atoms with Crippen molar-refractivity contribution in [3.63, 3.8) is 0 Å². The third-order valence-electron chi connectivity index (χ3n) is 3.57. The van der Waals surface area contributed by atoms with E-state index in [1.54, 1.807) is 18.2 Å². The number of rotatable bonds is 6. The highest BCUT2D eigenvalue weighted by molar-refractivity contribution is 8.15.